The topological polar surface area (TPSA) is 64.6 Å². The Kier molecular flexibility index (Phi) is 3.60. The summed E-state index contributed by atoms with van der Waals surface area (Å²) in [7, 11) is 1.63. The van der Waals surface area contributed by atoms with E-state index in [1.165, 1.54) is 4.68 Å². The predicted octanol–water partition coefficient (Wildman–Crippen LogP) is 2.06. The maximum absolute atomic E-state index is 13.2. The lowest BCUT2D eigenvalue weighted by Gasteiger charge is -2.33. The summed E-state index contributed by atoms with van der Waals surface area (Å²) >= 11 is 0. The molecule has 3 aromatic rings. The number of para-hydroxylation sites is 1. The van der Waals surface area contributed by atoms with Gasteiger partial charge in [0.05, 0.1) is 19.3 Å². The number of methoxy groups -OCH3 is 1. The fourth-order valence-electron chi connectivity index (χ4n) is 3.72. The lowest BCUT2D eigenvalue weighted by atomic mass is 10.1. The van der Waals surface area contributed by atoms with Gasteiger partial charge in [-0.25, -0.2) is 14.0 Å². The normalized spacial score (nSPS) is 14.9. The summed E-state index contributed by atoms with van der Waals surface area (Å²) in [5, 5.41) is 4.66. The molecule has 2 aromatic carbocycles. The van der Waals surface area contributed by atoms with Crippen molar-refractivity contribution < 1.29 is 4.74 Å². The standard InChI is InChI=1S/C20H19N5O2/c1-27-15-7-4-6-14(12-15)13-24-20(26)25-17-9-3-2-8-16(17)18-21-10-5-11-23(18)19(25)22-24/h2-4,6-9,12H,5,10-11,13H2,1H3. The highest BCUT2D eigenvalue weighted by Crippen LogP contribution is 2.29. The molecular formula is C20H19N5O2. The average Bonchev–Trinajstić information content (AvgIpc) is 3.05. The zero-order valence-electron chi connectivity index (χ0n) is 15.0. The molecule has 136 valence electrons. The summed E-state index contributed by atoms with van der Waals surface area (Å²) in [4.78, 5) is 19.9. The molecule has 0 fully saturated rings. The lowest BCUT2D eigenvalue weighted by molar-refractivity contribution is 0.414. The van der Waals surface area contributed by atoms with E-state index in [1.807, 2.05) is 48.5 Å². The van der Waals surface area contributed by atoms with Crippen LogP contribution in [0, 0.1) is 0 Å². The summed E-state index contributed by atoms with van der Waals surface area (Å²) in [6, 6.07) is 15.6. The van der Waals surface area contributed by atoms with Crippen LogP contribution in [-0.4, -0.2) is 40.4 Å². The third-order valence-corrected chi connectivity index (χ3v) is 4.97. The highest BCUT2D eigenvalue weighted by Gasteiger charge is 2.33. The van der Waals surface area contributed by atoms with E-state index in [1.54, 1.807) is 11.7 Å². The van der Waals surface area contributed by atoms with Crippen molar-refractivity contribution in [3.8, 4) is 11.4 Å². The molecule has 7 nitrogen and oxygen atoms in total. The van der Waals surface area contributed by atoms with Crippen molar-refractivity contribution in [1.29, 1.82) is 0 Å². The molecule has 2 aliphatic heterocycles. The lowest BCUT2D eigenvalue weighted by Crippen LogP contribution is -2.42. The van der Waals surface area contributed by atoms with Crippen molar-refractivity contribution in [3.63, 3.8) is 0 Å². The van der Waals surface area contributed by atoms with Crippen LogP contribution in [0.15, 0.2) is 58.3 Å². The van der Waals surface area contributed by atoms with E-state index in [9.17, 15) is 4.79 Å². The van der Waals surface area contributed by atoms with Crippen molar-refractivity contribution in [2.75, 3.05) is 25.1 Å². The summed E-state index contributed by atoms with van der Waals surface area (Å²) in [6.07, 6.45) is 0.947. The van der Waals surface area contributed by atoms with E-state index in [4.69, 9.17) is 9.73 Å². The van der Waals surface area contributed by atoms with Gasteiger partial charge in [-0.05, 0) is 36.2 Å². The molecule has 0 saturated heterocycles. The van der Waals surface area contributed by atoms with Crippen LogP contribution >= 0.6 is 0 Å². The first-order chi connectivity index (χ1) is 13.3. The van der Waals surface area contributed by atoms with E-state index >= 15 is 0 Å². The predicted molar refractivity (Wildman–Crippen MR) is 103 cm³/mol. The Hall–Kier alpha value is -3.35. The maximum Gasteiger partial charge on any atom is 0.352 e. The number of amidine groups is 1. The van der Waals surface area contributed by atoms with Gasteiger partial charge in [-0.15, -0.1) is 5.10 Å². The number of anilines is 1. The van der Waals surface area contributed by atoms with E-state index in [0.29, 0.717) is 12.5 Å². The first-order valence-electron chi connectivity index (χ1n) is 9.01. The Morgan fingerprint density at radius 3 is 2.93 bits per heavy atom. The largest absolute Gasteiger partial charge is 0.497 e. The monoisotopic (exact) mass is 361 g/mol. The van der Waals surface area contributed by atoms with Gasteiger partial charge >= 0.3 is 5.69 Å². The number of hydrogen-bond acceptors (Lipinski definition) is 5. The number of rotatable bonds is 3. The van der Waals surface area contributed by atoms with Gasteiger partial charge in [0, 0.05) is 18.7 Å². The second kappa shape index (κ2) is 6.12. The number of ether oxygens (including phenoxy) is 1. The van der Waals surface area contributed by atoms with Crippen molar-refractivity contribution >= 4 is 11.8 Å². The Morgan fingerprint density at radius 1 is 1.15 bits per heavy atom. The first-order valence-corrected chi connectivity index (χ1v) is 9.01. The molecule has 0 amide bonds. The van der Waals surface area contributed by atoms with Crippen LogP contribution in [0.25, 0.3) is 5.69 Å². The zero-order valence-corrected chi connectivity index (χ0v) is 15.0. The van der Waals surface area contributed by atoms with Gasteiger partial charge in [0.25, 0.3) is 0 Å². The van der Waals surface area contributed by atoms with E-state index in [2.05, 4.69) is 10.00 Å². The van der Waals surface area contributed by atoms with Gasteiger partial charge in [-0.1, -0.05) is 24.3 Å². The van der Waals surface area contributed by atoms with Crippen LogP contribution in [0.2, 0.25) is 0 Å². The first kappa shape index (κ1) is 15.9. The molecule has 7 heteroatoms. The molecule has 27 heavy (non-hydrogen) atoms. The van der Waals surface area contributed by atoms with Gasteiger partial charge < -0.3 is 4.74 Å². The molecule has 0 atom stereocenters. The van der Waals surface area contributed by atoms with Crippen molar-refractivity contribution in [2.24, 2.45) is 4.99 Å². The number of benzene rings is 2. The minimum atomic E-state index is -0.148. The molecule has 0 saturated carbocycles. The molecule has 1 aromatic heterocycles. The molecular weight excluding hydrogens is 342 g/mol. The SMILES string of the molecule is COc1cccc(Cn2nc3n(c2=O)-c2ccccc2C2=NCCCN23)c1. The number of nitrogens with zero attached hydrogens (tertiary/aromatic N) is 5. The highest BCUT2D eigenvalue weighted by atomic mass is 16.5. The number of hydrogen-bond donors (Lipinski definition) is 0. The molecule has 0 N–H and O–H groups in total. The van der Waals surface area contributed by atoms with Crippen LogP contribution in [0.5, 0.6) is 5.75 Å². The third-order valence-electron chi connectivity index (χ3n) is 4.97. The van der Waals surface area contributed by atoms with Gasteiger partial charge in [-0.2, -0.15) is 0 Å². The molecule has 5 rings (SSSR count). The molecule has 0 aliphatic carbocycles. The van der Waals surface area contributed by atoms with Crippen LogP contribution < -0.4 is 15.3 Å². The molecule has 0 bridgehead atoms. The van der Waals surface area contributed by atoms with Gasteiger partial charge in [0.1, 0.15) is 11.6 Å². The van der Waals surface area contributed by atoms with E-state index in [-0.39, 0.29) is 5.69 Å². The number of aromatic nitrogens is 3. The minimum Gasteiger partial charge on any atom is -0.497 e. The van der Waals surface area contributed by atoms with Crippen molar-refractivity contribution in [2.45, 2.75) is 13.0 Å². The smallest absolute Gasteiger partial charge is 0.352 e. The maximum atomic E-state index is 13.2. The fraction of sp³-hybridized carbons (Fsp3) is 0.250. The van der Waals surface area contributed by atoms with Crippen LogP contribution in [-0.2, 0) is 6.54 Å². The van der Waals surface area contributed by atoms with Gasteiger partial charge in [0.15, 0.2) is 0 Å². The summed E-state index contributed by atoms with van der Waals surface area (Å²) in [6.45, 7) is 2.00. The van der Waals surface area contributed by atoms with Crippen LogP contribution in [0.1, 0.15) is 17.5 Å². The Labute approximate surface area is 156 Å². The van der Waals surface area contributed by atoms with Crippen molar-refractivity contribution in [3.05, 3.63) is 70.1 Å². The molecule has 2 aliphatic rings. The zero-order chi connectivity index (χ0) is 18.4. The average molecular weight is 361 g/mol. The van der Waals surface area contributed by atoms with E-state index < -0.39 is 0 Å². The fourth-order valence-corrected chi connectivity index (χ4v) is 3.72. The summed E-state index contributed by atoms with van der Waals surface area (Å²) in [5.74, 6) is 2.31. The van der Waals surface area contributed by atoms with Gasteiger partial charge in [-0.3, -0.25) is 9.89 Å². The third kappa shape index (κ3) is 2.46. The van der Waals surface area contributed by atoms with Crippen LogP contribution in [0.3, 0.4) is 0 Å². The summed E-state index contributed by atoms with van der Waals surface area (Å²) in [5.41, 5.74) is 2.64. The van der Waals surface area contributed by atoms with Crippen molar-refractivity contribution in [1.82, 2.24) is 14.3 Å². The quantitative estimate of drug-likeness (QED) is 0.716. The Balaban J connectivity index is 1.65. The minimum absolute atomic E-state index is 0.148. The Morgan fingerprint density at radius 2 is 2.04 bits per heavy atom. The second-order valence-corrected chi connectivity index (χ2v) is 6.65. The molecule has 3 heterocycles. The molecule has 0 radical (unpaired) electrons. The van der Waals surface area contributed by atoms with Crippen LogP contribution in [0.4, 0.5) is 5.95 Å². The molecule has 0 unspecified atom stereocenters. The Bertz CT molecular complexity index is 1110. The highest BCUT2D eigenvalue weighted by molar-refractivity contribution is 6.13. The molecule has 0 spiro atoms. The number of fused-ring (bicyclic) bond motifs is 6. The number of aliphatic imine (C=N–C) groups is 1. The van der Waals surface area contributed by atoms with E-state index in [0.717, 1.165) is 47.9 Å². The van der Waals surface area contributed by atoms with Gasteiger partial charge in [0.2, 0.25) is 5.95 Å². The second-order valence-electron chi connectivity index (χ2n) is 6.65. The summed E-state index contributed by atoms with van der Waals surface area (Å²) < 4.78 is 8.49.